The first-order valence-corrected chi connectivity index (χ1v) is 20.4. The third-order valence-electron chi connectivity index (χ3n) is 16.6. The number of carbonyl (C=O) groups is 3. The molecule has 5 fully saturated rings. The summed E-state index contributed by atoms with van der Waals surface area (Å²) in [5.41, 5.74) is 1.55. The molecule has 5 saturated carbocycles. The molecule has 8 aliphatic rings. The van der Waals surface area contributed by atoms with E-state index in [9.17, 15) is 19.5 Å². The van der Waals surface area contributed by atoms with Crippen LogP contribution in [0.15, 0.2) is 46.6 Å². The van der Waals surface area contributed by atoms with Crippen molar-refractivity contribution in [2.75, 3.05) is 0 Å². The van der Waals surface area contributed by atoms with E-state index in [2.05, 4.69) is 45.4 Å². The minimum atomic E-state index is -1.03. The van der Waals surface area contributed by atoms with Gasteiger partial charge in [0.15, 0.2) is 17.2 Å². The smallest absolute Gasteiger partial charge is 0.303 e. The highest BCUT2D eigenvalue weighted by atomic mass is 35.5. The number of fused-ring (bicyclic) bond motifs is 10. The van der Waals surface area contributed by atoms with Gasteiger partial charge in [-0.15, -0.1) is 6.42 Å². The van der Waals surface area contributed by atoms with Crippen molar-refractivity contribution in [2.45, 2.75) is 142 Å². The maximum absolute atomic E-state index is 12.7. The highest BCUT2D eigenvalue weighted by molar-refractivity contribution is 6.32. The van der Waals surface area contributed by atoms with Gasteiger partial charge in [-0.2, -0.15) is 0 Å². The standard InChI is InChI=1S/C23H29ClO4.C22H30O/c1-13(25)23(28-14(2)26)10-7-18-16-12-20(24)19-11-15(27)5-8-21(19,3)17(16)6-9-22(18,23)4;1-4-21-14-15(3)20-17-9-7-6-8-16(17)10-11-18(20)19(21)12-13-22(21,23)5-2/h11-12,16-18H,5-10H2,1-4H3;2,8,17-20,23H,3-4,6-7,9-14H2,1H3/t16-,17+,18+,21-,22+,23+;17-,18-,19-,20+,21-,22-/m10/s1. The summed E-state index contributed by atoms with van der Waals surface area (Å²) in [6, 6.07) is 0. The Kier molecular flexibility index (Phi) is 9.31. The Hall–Kier alpha value is -2.42. The molecule has 0 amide bonds. The van der Waals surface area contributed by atoms with Gasteiger partial charge in [-0.3, -0.25) is 14.4 Å². The van der Waals surface area contributed by atoms with Crippen LogP contribution in [-0.2, 0) is 19.1 Å². The molecule has 0 radical (unpaired) electrons. The Balaban J connectivity index is 0.000000162. The summed E-state index contributed by atoms with van der Waals surface area (Å²) >= 11 is 6.71. The molecule has 8 aliphatic carbocycles. The number of allylic oxidation sites excluding steroid dienone is 7. The zero-order chi connectivity index (χ0) is 36.7. The van der Waals surface area contributed by atoms with Crippen LogP contribution in [0.5, 0.6) is 0 Å². The van der Waals surface area contributed by atoms with Crippen LogP contribution in [-0.4, -0.2) is 33.8 Å². The quantitative estimate of drug-likeness (QED) is 0.179. The lowest BCUT2D eigenvalue weighted by molar-refractivity contribution is -0.185. The zero-order valence-electron chi connectivity index (χ0n) is 31.6. The van der Waals surface area contributed by atoms with Crippen molar-refractivity contribution in [2.24, 2.45) is 57.7 Å². The van der Waals surface area contributed by atoms with Gasteiger partial charge in [-0.05, 0) is 155 Å². The number of aliphatic hydroxyl groups is 1. The summed E-state index contributed by atoms with van der Waals surface area (Å²) in [5.74, 6) is 6.07. The predicted octanol–water partition coefficient (Wildman–Crippen LogP) is 9.62. The SMILES string of the molecule is C#C[C@]1(O)CC[C@H]2[C@@H]3CCC4=CCCC[C@@H]4[C@H]3C(=C)C[C@@]21CC.CC(=O)O[C@]1(C(C)=O)CC[C@H]2[C@@H]3C=C(Cl)C4=CC(=O)CC[C@]4(C)[C@H]3CC[C@@]21C. The van der Waals surface area contributed by atoms with Crippen molar-refractivity contribution in [3.63, 3.8) is 0 Å². The number of esters is 1. The molecule has 0 spiro atoms. The molecule has 0 aromatic heterocycles. The number of hydrogen-bond acceptors (Lipinski definition) is 5. The number of Topliss-reactive ketones (excluding diaryl/α,β-unsaturated/α-hetero) is 1. The number of halogens is 1. The largest absolute Gasteiger partial charge is 0.451 e. The van der Waals surface area contributed by atoms with Crippen molar-refractivity contribution >= 4 is 29.1 Å². The molecule has 51 heavy (non-hydrogen) atoms. The number of rotatable bonds is 3. The first kappa shape index (κ1) is 36.9. The van der Waals surface area contributed by atoms with Gasteiger partial charge in [-0.25, -0.2) is 0 Å². The molecular weight excluding hydrogens is 656 g/mol. The van der Waals surface area contributed by atoms with Gasteiger partial charge in [0.2, 0.25) is 0 Å². The van der Waals surface area contributed by atoms with Gasteiger partial charge in [0.1, 0.15) is 5.60 Å². The zero-order valence-corrected chi connectivity index (χ0v) is 32.4. The topological polar surface area (TPSA) is 80.7 Å². The molecular formula is C45H59ClO5. The molecule has 0 aliphatic heterocycles. The normalized spacial score (nSPS) is 46.5. The third kappa shape index (κ3) is 5.22. The van der Waals surface area contributed by atoms with E-state index in [1.807, 2.05) is 0 Å². The van der Waals surface area contributed by atoms with Crippen molar-refractivity contribution in [1.29, 1.82) is 0 Å². The summed E-state index contributed by atoms with van der Waals surface area (Å²) in [4.78, 5) is 36.6. The van der Waals surface area contributed by atoms with E-state index in [4.69, 9.17) is 22.8 Å². The molecule has 5 nitrogen and oxygen atoms in total. The summed E-state index contributed by atoms with van der Waals surface area (Å²) < 4.78 is 5.79. The Labute approximate surface area is 311 Å². The van der Waals surface area contributed by atoms with Gasteiger partial charge in [0.05, 0.1) is 0 Å². The average molecular weight is 715 g/mol. The van der Waals surface area contributed by atoms with Crippen LogP contribution in [0.25, 0.3) is 0 Å². The van der Waals surface area contributed by atoms with Crippen LogP contribution < -0.4 is 0 Å². The second-order valence-corrected chi connectivity index (χ2v) is 18.7. The lowest BCUT2D eigenvalue weighted by Gasteiger charge is -2.57. The molecule has 0 aromatic carbocycles. The van der Waals surface area contributed by atoms with Crippen LogP contribution in [0, 0.1) is 70.0 Å². The van der Waals surface area contributed by atoms with Crippen LogP contribution in [0.1, 0.15) is 131 Å². The number of hydrogen-bond donors (Lipinski definition) is 1. The van der Waals surface area contributed by atoms with Crippen molar-refractivity contribution in [1.82, 2.24) is 0 Å². The van der Waals surface area contributed by atoms with E-state index >= 15 is 0 Å². The lowest BCUT2D eigenvalue weighted by Crippen LogP contribution is -2.58. The van der Waals surface area contributed by atoms with Crippen molar-refractivity contribution in [3.8, 4) is 12.3 Å². The Bertz CT molecular complexity index is 1660. The van der Waals surface area contributed by atoms with Gasteiger partial charge in [0, 0.05) is 29.2 Å². The summed E-state index contributed by atoms with van der Waals surface area (Å²) in [5, 5.41) is 11.9. The molecule has 12 atom stereocenters. The summed E-state index contributed by atoms with van der Waals surface area (Å²) in [6.45, 7) is 14.1. The fraction of sp³-hybridized carbons (Fsp3) is 0.711. The second kappa shape index (κ2) is 12.9. The van der Waals surface area contributed by atoms with Crippen molar-refractivity contribution in [3.05, 3.63) is 46.6 Å². The van der Waals surface area contributed by atoms with E-state index in [0.717, 1.165) is 62.9 Å². The third-order valence-corrected chi connectivity index (χ3v) is 16.9. The molecule has 6 heteroatoms. The van der Waals surface area contributed by atoms with Crippen LogP contribution in [0.3, 0.4) is 0 Å². The number of ether oxygens (including phenoxy) is 1. The monoisotopic (exact) mass is 714 g/mol. The number of terminal acetylenes is 1. The summed E-state index contributed by atoms with van der Waals surface area (Å²) in [6.07, 6.45) is 27.1. The fourth-order valence-electron chi connectivity index (χ4n) is 14.2. The molecule has 1 N–H and O–H groups in total. The predicted molar refractivity (Wildman–Crippen MR) is 201 cm³/mol. The Morgan fingerprint density at radius 1 is 1.04 bits per heavy atom. The first-order chi connectivity index (χ1) is 24.1. The van der Waals surface area contributed by atoms with Gasteiger partial charge >= 0.3 is 5.97 Å². The fourth-order valence-corrected chi connectivity index (χ4v) is 14.6. The highest BCUT2D eigenvalue weighted by Crippen LogP contribution is 2.69. The van der Waals surface area contributed by atoms with E-state index in [1.54, 1.807) is 18.6 Å². The van der Waals surface area contributed by atoms with Gasteiger partial charge in [-0.1, -0.05) is 68.2 Å². The molecule has 0 saturated heterocycles. The molecule has 0 heterocycles. The van der Waals surface area contributed by atoms with Crippen LogP contribution >= 0.6 is 11.6 Å². The Morgan fingerprint density at radius 3 is 2.45 bits per heavy atom. The average Bonchev–Trinajstić information content (AvgIpc) is 3.57. The van der Waals surface area contributed by atoms with Crippen molar-refractivity contribution < 1.29 is 24.2 Å². The van der Waals surface area contributed by atoms with Gasteiger partial charge < -0.3 is 9.84 Å². The highest BCUT2D eigenvalue weighted by Gasteiger charge is 2.68. The first-order valence-electron chi connectivity index (χ1n) is 20.0. The van der Waals surface area contributed by atoms with E-state index in [0.29, 0.717) is 41.5 Å². The molecule has 0 aromatic rings. The van der Waals surface area contributed by atoms with E-state index in [-0.39, 0.29) is 45.6 Å². The van der Waals surface area contributed by atoms with Crippen LogP contribution in [0.2, 0.25) is 0 Å². The van der Waals surface area contributed by atoms with E-state index in [1.165, 1.54) is 44.6 Å². The number of ketones is 2. The molecule has 276 valence electrons. The summed E-state index contributed by atoms with van der Waals surface area (Å²) in [7, 11) is 0. The lowest BCUT2D eigenvalue weighted by atomic mass is 9.48. The minimum Gasteiger partial charge on any atom is -0.451 e. The van der Waals surface area contributed by atoms with Crippen LogP contribution in [0.4, 0.5) is 0 Å². The second-order valence-electron chi connectivity index (χ2n) is 18.3. The minimum absolute atomic E-state index is 0.0490. The molecule has 8 rings (SSSR count). The maximum Gasteiger partial charge on any atom is 0.303 e. The number of carbonyl (C=O) groups excluding carboxylic acids is 3. The Morgan fingerprint density at radius 2 is 1.76 bits per heavy atom. The van der Waals surface area contributed by atoms with Gasteiger partial charge in [0.25, 0.3) is 0 Å². The van der Waals surface area contributed by atoms with E-state index < -0.39 is 11.2 Å². The molecule has 0 unspecified atom stereocenters. The maximum atomic E-state index is 12.7. The molecule has 0 bridgehead atoms.